The molecule has 0 bridgehead atoms. The highest BCUT2D eigenvalue weighted by atomic mass is 16.1. The van der Waals surface area contributed by atoms with E-state index in [0.717, 1.165) is 18.9 Å². The van der Waals surface area contributed by atoms with Crippen molar-refractivity contribution in [1.29, 1.82) is 0 Å². The summed E-state index contributed by atoms with van der Waals surface area (Å²) in [6.07, 6.45) is 1.42. The molecule has 94 valence electrons. The maximum atomic E-state index is 11.3. The molecule has 0 saturated heterocycles. The van der Waals surface area contributed by atoms with E-state index in [1.54, 1.807) is 0 Å². The highest BCUT2D eigenvalue weighted by molar-refractivity contribution is 5.80. The van der Waals surface area contributed by atoms with Gasteiger partial charge in [0.2, 0.25) is 5.91 Å². The number of carbonyl (C=O) groups excluding carboxylic acids is 1. The first-order valence-corrected chi connectivity index (χ1v) is 5.64. The molecule has 0 fully saturated rings. The number of nitrogens with zero attached hydrogens (tertiary/aromatic N) is 3. The zero-order chi connectivity index (χ0) is 12.6. The topological polar surface area (TPSA) is 47.9 Å². The van der Waals surface area contributed by atoms with Gasteiger partial charge in [0.1, 0.15) is 0 Å². The van der Waals surface area contributed by atoms with Crippen molar-refractivity contribution in [2.75, 3.05) is 41.3 Å². The summed E-state index contributed by atoms with van der Waals surface area (Å²) in [6, 6.07) is 0. The third-order valence-corrected chi connectivity index (χ3v) is 1.96. The molecule has 0 aliphatic rings. The minimum Gasteiger partial charge on any atom is -0.356 e. The molecule has 16 heavy (non-hydrogen) atoms. The fraction of sp³-hybridized carbons (Fsp3) is 0.818. The average Bonchev–Trinajstić information content (AvgIpc) is 2.20. The van der Waals surface area contributed by atoms with Crippen LogP contribution in [0.2, 0.25) is 0 Å². The molecule has 1 amide bonds. The van der Waals surface area contributed by atoms with E-state index in [2.05, 4.69) is 10.3 Å². The zero-order valence-electron chi connectivity index (χ0n) is 11.1. The van der Waals surface area contributed by atoms with Gasteiger partial charge in [-0.2, -0.15) is 0 Å². The number of hydrogen-bond acceptors (Lipinski definition) is 2. The van der Waals surface area contributed by atoms with Gasteiger partial charge in [0.25, 0.3) is 0 Å². The number of rotatable bonds is 5. The van der Waals surface area contributed by atoms with Crippen LogP contribution in [0, 0.1) is 0 Å². The molecule has 0 aromatic heterocycles. The van der Waals surface area contributed by atoms with Crippen LogP contribution in [0.4, 0.5) is 0 Å². The van der Waals surface area contributed by atoms with Gasteiger partial charge in [-0.1, -0.05) is 6.92 Å². The quantitative estimate of drug-likeness (QED) is 0.547. The summed E-state index contributed by atoms with van der Waals surface area (Å²) in [7, 11) is 7.76. The van der Waals surface area contributed by atoms with Crippen molar-refractivity contribution in [3.8, 4) is 0 Å². The van der Waals surface area contributed by atoms with Crippen LogP contribution in [-0.4, -0.2) is 62.9 Å². The summed E-state index contributed by atoms with van der Waals surface area (Å²) < 4.78 is 0. The Morgan fingerprint density at radius 1 is 1.19 bits per heavy atom. The first kappa shape index (κ1) is 14.7. The van der Waals surface area contributed by atoms with E-state index in [9.17, 15) is 4.79 Å². The maximum Gasteiger partial charge on any atom is 0.221 e. The van der Waals surface area contributed by atoms with Crippen LogP contribution in [0.5, 0.6) is 0 Å². The van der Waals surface area contributed by atoms with Crippen LogP contribution < -0.4 is 5.32 Å². The molecule has 0 heterocycles. The number of aliphatic imine (C=N–C) groups is 1. The lowest BCUT2D eigenvalue weighted by atomic mass is 10.4. The SMILES string of the molecule is CCCNC(=O)CCN=C(N(C)C)N(C)C. The second kappa shape index (κ2) is 7.96. The lowest BCUT2D eigenvalue weighted by molar-refractivity contribution is -0.120. The second-order valence-electron chi connectivity index (χ2n) is 4.07. The third-order valence-electron chi connectivity index (χ3n) is 1.96. The Morgan fingerprint density at radius 3 is 2.19 bits per heavy atom. The summed E-state index contributed by atoms with van der Waals surface area (Å²) in [6.45, 7) is 3.31. The number of nitrogens with one attached hydrogen (secondary N) is 1. The molecule has 1 N–H and O–H groups in total. The number of amides is 1. The Hall–Kier alpha value is -1.26. The predicted molar refractivity (Wildman–Crippen MR) is 67.6 cm³/mol. The molecule has 0 aromatic rings. The summed E-state index contributed by atoms with van der Waals surface area (Å²) >= 11 is 0. The van der Waals surface area contributed by atoms with Crippen molar-refractivity contribution < 1.29 is 4.79 Å². The maximum absolute atomic E-state index is 11.3. The van der Waals surface area contributed by atoms with Crippen molar-refractivity contribution in [2.45, 2.75) is 19.8 Å². The number of carbonyl (C=O) groups is 1. The highest BCUT2D eigenvalue weighted by Crippen LogP contribution is 1.91. The van der Waals surface area contributed by atoms with E-state index in [1.807, 2.05) is 44.9 Å². The molecule has 0 atom stereocenters. The van der Waals surface area contributed by atoms with Gasteiger partial charge >= 0.3 is 0 Å². The third kappa shape index (κ3) is 6.27. The van der Waals surface area contributed by atoms with Crippen molar-refractivity contribution in [3.63, 3.8) is 0 Å². The summed E-state index contributed by atoms with van der Waals surface area (Å²) in [5.41, 5.74) is 0. The monoisotopic (exact) mass is 228 g/mol. The molecule has 0 saturated carbocycles. The second-order valence-corrected chi connectivity index (χ2v) is 4.07. The fourth-order valence-electron chi connectivity index (χ4n) is 1.29. The lowest BCUT2D eigenvalue weighted by Gasteiger charge is -2.22. The number of hydrogen-bond donors (Lipinski definition) is 1. The first-order valence-electron chi connectivity index (χ1n) is 5.64. The minimum absolute atomic E-state index is 0.0717. The fourth-order valence-corrected chi connectivity index (χ4v) is 1.29. The molecule has 0 aliphatic carbocycles. The van der Waals surface area contributed by atoms with Crippen LogP contribution >= 0.6 is 0 Å². The van der Waals surface area contributed by atoms with Gasteiger partial charge < -0.3 is 15.1 Å². The molecule has 0 unspecified atom stereocenters. The Labute approximate surface area is 98.5 Å². The first-order chi connectivity index (χ1) is 7.49. The van der Waals surface area contributed by atoms with Gasteiger partial charge in [0, 0.05) is 41.2 Å². The van der Waals surface area contributed by atoms with Crippen molar-refractivity contribution in [2.24, 2.45) is 4.99 Å². The van der Waals surface area contributed by atoms with Gasteiger partial charge in [-0.05, 0) is 6.42 Å². The lowest BCUT2D eigenvalue weighted by Crippen LogP contribution is -2.35. The van der Waals surface area contributed by atoms with Gasteiger partial charge in [0.15, 0.2) is 5.96 Å². The Morgan fingerprint density at radius 2 is 1.75 bits per heavy atom. The smallest absolute Gasteiger partial charge is 0.221 e. The van der Waals surface area contributed by atoms with E-state index < -0.39 is 0 Å². The Kier molecular flexibility index (Phi) is 7.33. The van der Waals surface area contributed by atoms with Gasteiger partial charge in [-0.25, -0.2) is 0 Å². The molecular formula is C11H24N4O. The van der Waals surface area contributed by atoms with Crippen molar-refractivity contribution in [3.05, 3.63) is 0 Å². The van der Waals surface area contributed by atoms with Crippen molar-refractivity contribution in [1.82, 2.24) is 15.1 Å². The normalized spacial score (nSPS) is 9.56. The highest BCUT2D eigenvalue weighted by Gasteiger charge is 2.04. The Bertz CT molecular complexity index is 226. The van der Waals surface area contributed by atoms with E-state index in [4.69, 9.17) is 0 Å². The van der Waals surface area contributed by atoms with Crippen LogP contribution in [0.25, 0.3) is 0 Å². The van der Waals surface area contributed by atoms with Crippen LogP contribution in [0.1, 0.15) is 19.8 Å². The van der Waals surface area contributed by atoms with Gasteiger partial charge in [-0.3, -0.25) is 9.79 Å². The molecule has 0 aromatic carbocycles. The molecule has 0 radical (unpaired) electrons. The van der Waals surface area contributed by atoms with Crippen LogP contribution in [0.15, 0.2) is 4.99 Å². The predicted octanol–water partition coefficient (Wildman–Crippen LogP) is 0.382. The summed E-state index contributed by atoms with van der Waals surface area (Å²) in [5, 5.41) is 2.83. The van der Waals surface area contributed by atoms with Gasteiger partial charge in [0.05, 0.1) is 6.54 Å². The standard InChI is InChI=1S/C11H24N4O/c1-6-8-12-10(16)7-9-13-11(14(2)3)15(4)5/h6-9H2,1-5H3,(H,12,16). The van der Waals surface area contributed by atoms with E-state index in [1.165, 1.54) is 0 Å². The van der Waals surface area contributed by atoms with Gasteiger partial charge in [-0.15, -0.1) is 0 Å². The van der Waals surface area contributed by atoms with E-state index in [-0.39, 0.29) is 5.91 Å². The molecule has 0 aliphatic heterocycles. The minimum atomic E-state index is 0.0717. The van der Waals surface area contributed by atoms with E-state index >= 15 is 0 Å². The summed E-state index contributed by atoms with van der Waals surface area (Å²) in [5.74, 6) is 0.950. The van der Waals surface area contributed by atoms with E-state index in [0.29, 0.717) is 13.0 Å². The summed E-state index contributed by atoms with van der Waals surface area (Å²) in [4.78, 5) is 19.6. The van der Waals surface area contributed by atoms with Crippen LogP contribution in [0.3, 0.4) is 0 Å². The molecule has 5 heteroatoms. The number of guanidine groups is 1. The average molecular weight is 228 g/mol. The molecule has 5 nitrogen and oxygen atoms in total. The zero-order valence-corrected chi connectivity index (χ0v) is 11.1. The van der Waals surface area contributed by atoms with Crippen LogP contribution in [-0.2, 0) is 4.79 Å². The largest absolute Gasteiger partial charge is 0.356 e. The molecule has 0 spiro atoms. The molecule has 0 rings (SSSR count). The molecular weight excluding hydrogens is 204 g/mol. The Balaban J connectivity index is 4.00. The van der Waals surface area contributed by atoms with Crippen molar-refractivity contribution >= 4 is 11.9 Å².